The Morgan fingerprint density at radius 2 is 1.80 bits per heavy atom. The molecule has 3 heteroatoms. The number of aliphatic hydroxyl groups excluding tert-OH is 1. The van der Waals surface area contributed by atoms with E-state index in [0.717, 1.165) is 24.9 Å². The number of likely N-dealkylation sites (tertiary alicyclic amines) is 1. The molecule has 86 valence electrons. The van der Waals surface area contributed by atoms with Gasteiger partial charge in [0.05, 0.1) is 6.10 Å². The average Bonchev–Trinajstić information content (AvgIpc) is 2.83. The van der Waals surface area contributed by atoms with Gasteiger partial charge in [-0.1, -0.05) is 0 Å². The standard InChI is InChI=1S/C12H22N2O/c15-12-2-1-9-7-14(8-11(9)12)10-3-5-13-6-4-10/h9-13,15H,1-8H2. The van der Waals surface area contributed by atoms with Gasteiger partial charge in [0.2, 0.25) is 0 Å². The number of fused-ring (bicyclic) bond motifs is 1. The Kier molecular flexibility index (Phi) is 2.71. The first kappa shape index (κ1) is 10.1. The molecule has 3 unspecified atom stereocenters. The maximum absolute atomic E-state index is 9.88. The molecule has 15 heavy (non-hydrogen) atoms. The van der Waals surface area contributed by atoms with Gasteiger partial charge in [-0.25, -0.2) is 0 Å². The van der Waals surface area contributed by atoms with Gasteiger partial charge in [-0.2, -0.15) is 0 Å². The molecule has 3 nitrogen and oxygen atoms in total. The summed E-state index contributed by atoms with van der Waals surface area (Å²) in [5.41, 5.74) is 0. The first-order valence-electron chi connectivity index (χ1n) is 6.47. The number of hydrogen-bond acceptors (Lipinski definition) is 3. The lowest BCUT2D eigenvalue weighted by atomic mass is 10.00. The maximum Gasteiger partial charge on any atom is 0.0583 e. The van der Waals surface area contributed by atoms with Gasteiger partial charge in [0.15, 0.2) is 0 Å². The van der Waals surface area contributed by atoms with E-state index in [1.807, 2.05) is 0 Å². The van der Waals surface area contributed by atoms with E-state index in [2.05, 4.69) is 10.2 Å². The van der Waals surface area contributed by atoms with Crippen LogP contribution in [0.4, 0.5) is 0 Å². The summed E-state index contributed by atoms with van der Waals surface area (Å²) in [4.78, 5) is 2.65. The van der Waals surface area contributed by atoms with Gasteiger partial charge in [-0.3, -0.25) is 4.90 Å². The molecule has 0 radical (unpaired) electrons. The number of nitrogens with zero attached hydrogens (tertiary/aromatic N) is 1. The van der Waals surface area contributed by atoms with Crippen molar-refractivity contribution >= 4 is 0 Å². The lowest BCUT2D eigenvalue weighted by molar-refractivity contribution is 0.113. The van der Waals surface area contributed by atoms with Crippen LogP contribution in [0.25, 0.3) is 0 Å². The summed E-state index contributed by atoms with van der Waals surface area (Å²) in [5, 5.41) is 13.3. The van der Waals surface area contributed by atoms with Gasteiger partial charge in [0, 0.05) is 25.0 Å². The van der Waals surface area contributed by atoms with E-state index in [4.69, 9.17) is 0 Å². The van der Waals surface area contributed by atoms with Crippen molar-refractivity contribution in [2.24, 2.45) is 11.8 Å². The summed E-state index contributed by atoms with van der Waals surface area (Å²) in [7, 11) is 0. The van der Waals surface area contributed by atoms with Crippen molar-refractivity contribution in [2.75, 3.05) is 26.2 Å². The van der Waals surface area contributed by atoms with E-state index in [0.29, 0.717) is 5.92 Å². The third-order valence-electron chi connectivity index (χ3n) is 4.67. The molecule has 0 bridgehead atoms. The Hall–Kier alpha value is -0.120. The molecule has 1 aliphatic carbocycles. The summed E-state index contributed by atoms with van der Waals surface area (Å²) >= 11 is 0. The van der Waals surface area contributed by atoms with Gasteiger partial charge < -0.3 is 10.4 Å². The van der Waals surface area contributed by atoms with E-state index >= 15 is 0 Å². The highest BCUT2D eigenvalue weighted by atomic mass is 16.3. The molecular weight excluding hydrogens is 188 g/mol. The number of piperidine rings is 1. The van der Waals surface area contributed by atoms with Crippen molar-refractivity contribution in [1.29, 1.82) is 0 Å². The van der Waals surface area contributed by atoms with Crippen molar-refractivity contribution in [3.8, 4) is 0 Å². The Labute approximate surface area is 91.8 Å². The molecule has 2 heterocycles. The average molecular weight is 210 g/mol. The van der Waals surface area contributed by atoms with Crippen LogP contribution in [0.1, 0.15) is 25.7 Å². The maximum atomic E-state index is 9.88. The molecular formula is C12H22N2O. The SMILES string of the molecule is OC1CCC2CN(C3CCNCC3)CC12. The highest BCUT2D eigenvalue weighted by Gasteiger charge is 2.43. The van der Waals surface area contributed by atoms with Crippen molar-refractivity contribution in [2.45, 2.75) is 37.8 Å². The van der Waals surface area contributed by atoms with Crippen molar-refractivity contribution < 1.29 is 5.11 Å². The summed E-state index contributed by atoms with van der Waals surface area (Å²) in [6.45, 7) is 4.78. The van der Waals surface area contributed by atoms with E-state index < -0.39 is 0 Å². The van der Waals surface area contributed by atoms with Gasteiger partial charge in [0.1, 0.15) is 0 Å². The van der Waals surface area contributed by atoms with E-state index in [-0.39, 0.29) is 6.10 Å². The molecule has 2 saturated heterocycles. The minimum absolute atomic E-state index is 0.00159. The summed E-state index contributed by atoms with van der Waals surface area (Å²) in [5.74, 6) is 1.40. The lowest BCUT2D eigenvalue weighted by Gasteiger charge is -2.32. The highest BCUT2D eigenvalue weighted by molar-refractivity contribution is 4.96. The first-order valence-corrected chi connectivity index (χ1v) is 6.47. The first-order chi connectivity index (χ1) is 7.34. The van der Waals surface area contributed by atoms with Crippen molar-refractivity contribution in [3.63, 3.8) is 0 Å². The fourth-order valence-electron chi connectivity index (χ4n) is 3.74. The van der Waals surface area contributed by atoms with E-state index in [1.54, 1.807) is 0 Å². The molecule has 3 fully saturated rings. The molecule has 3 rings (SSSR count). The van der Waals surface area contributed by atoms with Crippen LogP contribution in [-0.4, -0.2) is 48.3 Å². The molecule has 0 spiro atoms. The summed E-state index contributed by atoms with van der Waals surface area (Å²) < 4.78 is 0. The number of hydrogen-bond donors (Lipinski definition) is 2. The van der Waals surface area contributed by atoms with Crippen LogP contribution in [0, 0.1) is 11.8 Å². The largest absolute Gasteiger partial charge is 0.393 e. The molecule has 3 aliphatic rings. The van der Waals surface area contributed by atoms with Crippen LogP contribution >= 0.6 is 0 Å². The highest BCUT2D eigenvalue weighted by Crippen LogP contribution is 2.39. The van der Waals surface area contributed by atoms with Gasteiger partial charge >= 0.3 is 0 Å². The number of rotatable bonds is 1. The fraction of sp³-hybridized carbons (Fsp3) is 1.00. The lowest BCUT2D eigenvalue weighted by Crippen LogP contribution is -2.42. The van der Waals surface area contributed by atoms with Crippen LogP contribution in [0.15, 0.2) is 0 Å². The second-order valence-electron chi connectivity index (χ2n) is 5.50. The topological polar surface area (TPSA) is 35.5 Å². The Morgan fingerprint density at radius 1 is 1.00 bits per heavy atom. The van der Waals surface area contributed by atoms with Gasteiger partial charge in [-0.15, -0.1) is 0 Å². The zero-order chi connectivity index (χ0) is 10.3. The Bertz CT molecular complexity index is 228. The zero-order valence-corrected chi connectivity index (χ0v) is 9.36. The Balaban J connectivity index is 1.61. The van der Waals surface area contributed by atoms with E-state index in [9.17, 15) is 5.11 Å². The number of nitrogens with one attached hydrogen (secondary N) is 1. The predicted octanol–water partition coefficient (Wildman–Crippen LogP) is 0.441. The monoisotopic (exact) mass is 210 g/mol. The molecule has 2 N–H and O–H groups in total. The molecule has 2 aliphatic heterocycles. The smallest absolute Gasteiger partial charge is 0.0583 e. The van der Waals surface area contributed by atoms with Gasteiger partial charge in [-0.05, 0) is 44.7 Å². The zero-order valence-electron chi connectivity index (χ0n) is 9.36. The molecule has 3 atom stereocenters. The minimum atomic E-state index is 0.00159. The van der Waals surface area contributed by atoms with E-state index in [1.165, 1.54) is 38.9 Å². The van der Waals surface area contributed by atoms with Crippen molar-refractivity contribution in [1.82, 2.24) is 10.2 Å². The van der Waals surface area contributed by atoms with Crippen molar-refractivity contribution in [3.05, 3.63) is 0 Å². The number of aliphatic hydroxyl groups is 1. The second-order valence-corrected chi connectivity index (χ2v) is 5.50. The molecule has 0 amide bonds. The van der Waals surface area contributed by atoms with Crippen LogP contribution in [0.3, 0.4) is 0 Å². The normalized spacial score (nSPS) is 43.4. The Morgan fingerprint density at radius 3 is 2.53 bits per heavy atom. The molecule has 0 aromatic heterocycles. The van der Waals surface area contributed by atoms with Gasteiger partial charge in [0.25, 0.3) is 0 Å². The van der Waals surface area contributed by atoms with Crippen LogP contribution in [0.2, 0.25) is 0 Å². The molecule has 1 saturated carbocycles. The van der Waals surface area contributed by atoms with Crippen LogP contribution < -0.4 is 5.32 Å². The summed E-state index contributed by atoms with van der Waals surface area (Å²) in [6.07, 6.45) is 4.91. The quantitative estimate of drug-likeness (QED) is 0.659. The second kappa shape index (κ2) is 4.04. The molecule has 0 aromatic carbocycles. The third kappa shape index (κ3) is 1.81. The summed E-state index contributed by atoms with van der Waals surface area (Å²) in [6, 6.07) is 0.795. The fourth-order valence-corrected chi connectivity index (χ4v) is 3.74. The van der Waals surface area contributed by atoms with Crippen LogP contribution in [0.5, 0.6) is 0 Å². The third-order valence-corrected chi connectivity index (χ3v) is 4.67. The van der Waals surface area contributed by atoms with Crippen LogP contribution in [-0.2, 0) is 0 Å². The molecule has 0 aromatic rings. The minimum Gasteiger partial charge on any atom is -0.393 e. The predicted molar refractivity (Wildman–Crippen MR) is 59.7 cm³/mol.